The van der Waals surface area contributed by atoms with Crippen molar-refractivity contribution < 1.29 is 66.8 Å². The van der Waals surface area contributed by atoms with E-state index in [9.17, 15) is 43.2 Å². The van der Waals surface area contributed by atoms with Crippen LogP contribution in [-0.2, 0) is 59.0 Å². The summed E-state index contributed by atoms with van der Waals surface area (Å²) >= 11 is 0. The molecule has 3 aliphatic rings. The number of hydrogen-bond donors (Lipinski definition) is 1. The van der Waals surface area contributed by atoms with Gasteiger partial charge in [-0.25, -0.2) is 9.59 Å². The first kappa shape index (κ1) is 62.4. The van der Waals surface area contributed by atoms with Crippen LogP contribution in [0.5, 0.6) is 17.2 Å². The number of rotatable bonds is 9. The van der Waals surface area contributed by atoms with Gasteiger partial charge < -0.3 is 53.5 Å². The van der Waals surface area contributed by atoms with Crippen LogP contribution in [-0.4, -0.2) is 170 Å². The van der Waals surface area contributed by atoms with Crippen LogP contribution < -0.4 is 19.5 Å². The second-order valence-corrected chi connectivity index (χ2v) is 21.6. The lowest BCUT2D eigenvalue weighted by Crippen LogP contribution is -2.56. The van der Waals surface area contributed by atoms with Crippen LogP contribution in [0, 0.1) is 5.41 Å². The summed E-state index contributed by atoms with van der Waals surface area (Å²) in [6.07, 6.45) is 6.59. The van der Waals surface area contributed by atoms with Crippen molar-refractivity contribution in [1.82, 2.24) is 29.8 Å². The minimum absolute atomic E-state index is 0.111. The number of fused-ring (bicyclic) bond motifs is 4. The van der Waals surface area contributed by atoms with Gasteiger partial charge >= 0.3 is 11.9 Å². The Hall–Kier alpha value is -7.77. The van der Waals surface area contributed by atoms with E-state index in [4.69, 9.17) is 23.7 Å². The highest BCUT2D eigenvalue weighted by Crippen LogP contribution is 2.33. The third-order valence-electron chi connectivity index (χ3n) is 15.4. The number of esters is 2. The highest BCUT2D eigenvalue weighted by molar-refractivity contribution is 6.38. The lowest BCUT2D eigenvalue weighted by Gasteiger charge is -2.36. The number of nitrogens with one attached hydrogen (secondary N) is 1. The predicted molar refractivity (Wildman–Crippen MR) is 300 cm³/mol. The summed E-state index contributed by atoms with van der Waals surface area (Å²) in [7, 11) is 7.63. The van der Waals surface area contributed by atoms with Gasteiger partial charge in [-0.3, -0.25) is 33.6 Å². The van der Waals surface area contributed by atoms with Gasteiger partial charge in [-0.15, -0.1) is 0 Å². The molecule has 0 aliphatic carbocycles. The summed E-state index contributed by atoms with van der Waals surface area (Å²) in [5.74, 6) is -4.47. The Bertz CT molecular complexity index is 2770. The van der Waals surface area contributed by atoms with Crippen LogP contribution in [0.1, 0.15) is 121 Å². The molecule has 6 atom stereocenters. The Balaban J connectivity index is 1.31. The molecular weight excluding hydrogens is 1040 g/mol. The second kappa shape index (κ2) is 29.1. The number of nitrogens with zero attached hydrogens (tertiary/aromatic N) is 5. The fourth-order valence-corrected chi connectivity index (χ4v) is 10.2. The van der Waals surface area contributed by atoms with Crippen molar-refractivity contribution in [3.8, 4) is 17.2 Å². The molecule has 6 rings (SSSR count). The summed E-state index contributed by atoms with van der Waals surface area (Å²) in [5, 5.41) is 2.86. The van der Waals surface area contributed by atoms with Crippen LogP contribution in [0.3, 0.4) is 0 Å². The topological polar surface area (TPSA) is 228 Å². The molecule has 1 N–H and O–H groups in total. The van der Waals surface area contributed by atoms with Crippen molar-refractivity contribution in [3.63, 3.8) is 0 Å². The second-order valence-electron chi connectivity index (χ2n) is 21.6. The number of likely N-dealkylation sites (N-methyl/N-ethyl adjacent to an activating group) is 3. The number of methoxy groups -OCH3 is 2. The molecule has 6 amide bonds. The normalized spacial score (nSPS) is 23.9. The fourth-order valence-electron chi connectivity index (χ4n) is 10.2. The fraction of sp³-hybridized carbons (Fsp3) is 0.525. The zero-order valence-corrected chi connectivity index (χ0v) is 48.3. The maximum atomic E-state index is 14.8. The standard InChI is InChI=1S/C61H80N6O14/c1-10-11-25-45-57(73)66-35-20-27-46(66)56(72)63(5)33-17-16-28-52(69)80-39-61(3,4)54(70)59(75)67-34-18-15-26-47(67)60(76)81-48(31-29-41-30-32-49(77-8)50(36-41)78-9)43-23-19-24-44(37-43)79-38-51(68)64(6)40(2)55(71)62-53(58(74)65(45)7)42-21-13-12-14-22-42/h12-14,16,19,21-24,28,30,32,36-37,40,45-48,53H,10-11,15,17-18,20,25-27,29,31,33-35,38-39H2,1-9H3,(H,62,71)/t40-,45-,46-,47-,48+,53?/m0/s1. The minimum atomic E-state index is -1.48. The Labute approximate surface area is 475 Å². The third-order valence-corrected chi connectivity index (χ3v) is 15.4. The molecular formula is C61H80N6O14. The molecule has 3 aliphatic heterocycles. The molecule has 3 aromatic rings. The van der Waals surface area contributed by atoms with E-state index in [1.165, 1.54) is 85.7 Å². The maximum absolute atomic E-state index is 14.8. The largest absolute Gasteiger partial charge is 0.493 e. The van der Waals surface area contributed by atoms with Gasteiger partial charge in [-0.2, -0.15) is 0 Å². The minimum Gasteiger partial charge on any atom is -0.493 e. The highest BCUT2D eigenvalue weighted by atomic mass is 16.5. The Morgan fingerprint density at radius 2 is 1.41 bits per heavy atom. The number of aryl methyl sites for hydroxylation is 1. The average Bonchev–Trinajstić information content (AvgIpc) is 3.99. The quantitative estimate of drug-likeness (QED) is 0.193. The number of ether oxygens (including phenoxy) is 5. The van der Waals surface area contributed by atoms with E-state index in [1.807, 2.05) is 19.1 Å². The van der Waals surface area contributed by atoms with E-state index in [-0.39, 0.29) is 44.0 Å². The lowest BCUT2D eigenvalue weighted by atomic mass is 9.87. The van der Waals surface area contributed by atoms with Crippen molar-refractivity contribution >= 4 is 53.2 Å². The first-order chi connectivity index (χ1) is 38.7. The molecule has 0 saturated carbocycles. The Kier molecular flexibility index (Phi) is 22.4. The van der Waals surface area contributed by atoms with E-state index >= 15 is 0 Å². The van der Waals surface area contributed by atoms with Crippen LogP contribution in [0.25, 0.3) is 0 Å². The molecule has 3 aromatic carbocycles. The van der Waals surface area contributed by atoms with E-state index in [0.717, 1.165) is 12.0 Å². The number of cyclic esters (lactones) is 2. The third kappa shape index (κ3) is 16.0. The molecule has 2 fully saturated rings. The van der Waals surface area contributed by atoms with Crippen molar-refractivity contribution in [2.24, 2.45) is 5.41 Å². The molecule has 0 radical (unpaired) electrons. The van der Waals surface area contributed by atoms with Crippen LogP contribution in [0.4, 0.5) is 0 Å². The molecule has 2 bridgehead atoms. The Morgan fingerprint density at radius 1 is 0.704 bits per heavy atom. The van der Waals surface area contributed by atoms with Crippen molar-refractivity contribution in [2.45, 2.75) is 135 Å². The first-order valence-corrected chi connectivity index (χ1v) is 28.0. The van der Waals surface area contributed by atoms with Crippen LogP contribution >= 0.6 is 0 Å². The number of piperidine rings is 1. The molecule has 0 aromatic heterocycles. The number of unbranched alkanes of at least 4 members (excludes halogenated alkanes) is 1. The number of carbonyl (C=O) groups excluding carboxylic acids is 9. The average molecular weight is 1120 g/mol. The number of benzene rings is 3. The number of hydrogen-bond acceptors (Lipinski definition) is 14. The smallest absolute Gasteiger partial charge is 0.330 e. The molecule has 20 nitrogen and oxygen atoms in total. The van der Waals surface area contributed by atoms with Gasteiger partial charge in [-0.05, 0) is 120 Å². The Morgan fingerprint density at radius 3 is 2.12 bits per heavy atom. The summed E-state index contributed by atoms with van der Waals surface area (Å²) in [6.45, 7) is 6.11. The number of carbonyl (C=O) groups is 9. The number of Topliss-reactive ketones (excluding diaryl/α,β-unsaturated/α-hetero) is 1. The first-order valence-electron chi connectivity index (χ1n) is 28.0. The predicted octanol–water partition coefficient (Wildman–Crippen LogP) is 5.95. The van der Waals surface area contributed by atoms with Gasteiger partial charge in [0.2, 0.25) is 29.4 Å². The molecule has 1 unspecified atom stereocenters. The van der Waals surface area contributed by atoms with Crippen LogP contribution in [0.15, 0.2) is 84.9 Å². The molecule has 2 saturated heterocycles. The summed E-state index contributed by atoms with van der Waals surface area (Å²) in [5.41, 5.74) is 0.319. The zero-order valence-electron chi connectivity index (χ0n) is 48.3. The van der Waals surface area contributed by atoms with Crippen molar-refractivity contribution in [2.75, 3.05) is 68.2 Å². The SMILES string of the molecule is CCCC[C@H]1C(=O)N2CCC[C@H]2C(=O)N(C)CCC=CC(=O)OCC(C)(C)C(=O)C(=O)N2CCCC[C@H]2C(=O)O[C@H](CCc2ccc(OC)c(OC)c2)c2cccc(c2)OCC(=O)N(C)[C@@H](C)C(=O)NC(c2ccccc2)C(=O)N1C. The summed E-state index contributed by atoms with van der Waals surface area (Å²) in [6, 6.07) is 15.5. The number of amides is 6. The summed E-state index contributed by atoms with van der Waals surface area (Å²) < 4.78 is 28.8. The highest BCUT2D eigenvalue weighted by Gasteiger charge is 2.44. The molecule has 438 valence electrons. The van der Waals surface area contributed by atoms with Gasteiger partial charge in [0.05, 0.1) is 19.6 Å². The maximum Gasteiger partial charge on any atom is 0.330 e. The van der Waals surface area contributed by atoms with Gasteiger partial charge in [0.1, 0.15) is 48.7 Å². The monoisotopic (exact) mass is 1120 g/mol. The lowest BCUT2D eigenvalue weighted by molar-refractivity contribution is -0.165. The molecule has 0 spiro atoms. The molecule has 81 heavy (non-hydrogen) atoms. The van der Waals surface area contributed by atoms with Crippen LogP contribution in [0.2, 0.25) is 0 Å². The van der Waals surface area contributed by atoms with E-state index in [0.29, 0.717) is 74.1 Å². The van der Waals surface area contributed by atoms with E-state index in [2.05, 4.69) is 5.32 Å². The zero-order chi connectivity index (χ0) is 59.0. The van der Waals surface area contributed by atoms with Gasteiger partial charge in [0, 0.05) is 46.9 Å². The van der Waals surface area contributed by atoms with E-state index < -0.39 is 102 Å². The van der Waals surface area contributed by atoms with Gasteiger partial charge in [-0.1, -0.05) is 74.4 Å². The van der Waals surface area contributed by atoms with Gasteiger partial charge in [0.25, 0.3) is 11.8 Å². The molecule has 3 heterocycles. The van der Waals surface area contributed by atoms with Gasteiger partial charge in [0.15, 0.2) is 18.1 Å². The summed E-state index contributed by atoms with van der Waals surface area (Å²) in [4.78, 5) is 134. The van der Waals surface area contributed by atoms with Crippen molar-refractivity contribution in [1.29, 1.82) is 0 Å². The van der Waals surface area contributed by atoms with E-state index in [1.54, 1.807) is 67.7 Å². The number of ketones is 1. The molecule has 20 heteroatoms. The van der Waals surface area contributed by atoms with Crippen molar-refractivity contribution in [3.05, 3.63) is 102 Å².